The van der Waals surface area contributed by atoms with Gasteiger partial charge in [0.15, 0.2) is 0 Å². The monoisotopic (exact) mass is 403 g/mol. The predicted octanol–water partition coefficient (Wildman–Crippen LogP) is 5.20. The van der Waals surface area contributed by atoms with Crippen LogP contribution in [0.5, 0.6) is 0 Å². The number of rotatable bonds is 4. The first-order chi connectivity index (χ1) is 14.3. The molecule has 0 aliphatic carbocycles. The van der Waals surface area contributed by atoms with Crippen molar-refractivity contribution in [3.8, 4) is 11.1 Å². The molecule has 0 atom stereocenters. The highest BCUT2D eigenvalue weighted by Crippen LogP contribution is 2.39. The van der Waals surface area contributed by atoms with E-state index in [0.717, 1.165) is 38.8 Å². The molecule has 2 heterocycles. The lowest BCUT2D eigenvalue weighted by molar-refractivity contribution is -0.120. The normalized spacial score (nSPS) is 11.5. The van der Waals surface area contributed by atoms with Crippen LogP contribution in [0.1, 0.15) is 36.3 Å². The molecule has 0 spiro atoms. The molecule has 5 heteroatoms. The maximum absolute atomic E-state index is 12.7. The molecule has 0 saturated carbocycles. The summed E-state index contributed by atoms with van der Waals surface area (Å²) in [7, 11) is 0. The first-order valence-corrected chi connectivity index (χ1v) is 10.1. The number of aryl methyl sites for hydroxylation is 3. The molecule has 0 radical (unpaired) electrons. The second-order valence-corrected chi connectivity index (χ2v) is 8.05. The van der Waals surface area contributed by atoms with E-state index in [1.165, 1.54) is 0 Å². The van der Waals surface area contributed by atoms with Crippen LogP contribution in [-0.2, 0) is 11.2 Å². The van der Waals surface area contributed by atoms with Gasteiger partial charge in [0.25, 0.3) is 0 Å². The van der Waals surface area contributed by atoms with E-state index in [2.05, 4.69) is 17.4 Å². The summed E-state index contributed by atoms with van der Waals surface area (Å²) < 4.78 is 11.8. The van der Waals surface area contributed by atoms with Crippen molar-refractivity contribution in [3.05, 3.63) is 69.3 Å². The van der Waals surface area contributed by atoms with E-state index in [9.17, 15) is 9.59 Å². The summed E-state index contributed by atoms with van der Waals surface area (Å²) in [6.07, 6.45) is -0.00463. The fourth-order valence-electron chi connectivity index (χ4n) is 4.08. The fraction of sp³-hybridized carbons (Fsp3) is 0.280. The number of fused-ring (bicyclic) bond motifs is 2. The number of amides is 1. The molecule has 0 unspecified atom stereocenters. The molecule has 4 rings (SSSR count). The quantitative estimate of drug-likeness (QED) is 0.476. The molecule has 1 amide bonds. The van der Waals surface area contributed by atoms with Crippen molar-refractivity contribution in [1.82, 2.24) is 5.32 Å². The Hall–Kier alpha value is -3.34. The van der Waals surface area contributed by atoms with E-state index in [0.29, 0.717) is 16.7 Å². The van der Waals surface area contributed by atoms with Crippen LogP contribution in [0, 0.1) is 20.8 Å². The number of carbonyl (C=O) groups excluding carboxylic acids is 1. The standard InChI is InChI=1S/C25H25NO4/c1-13(2)26-21(27)12-19-14(3)18-11-20-22(17-9-7-6-8-10-17)16(5)29-24(20)15(4)23(18)30-25(19)28/h6-11,13H,12H2,1-5H3,(H,26,27). The summed E-state index contributed by atoms with van der Waals surface area (Å²) in [6, 6.07) is 12.1. The number of furan rings is 1. The van der Waals surface area contributed by atoms with Gasteiger partial charge in [-0.25, -0.2) is 4.79 Å². The van der Waals surface area contributed by atoms with Gasteiger partial charge in [-0.2, -0.15) is 0 Å². The summed E-state index contributed by atoms with van der Waals surface area (Å²) >= 11 is 0. The van der Waals surface area contributed by atoms with Crippen molar-refractivity contribution in [1.29, 1.82) is 0 Å². The van der Waals surface area contributed by atoms with E-state index in [1.807, 2.05) is 58.9 Å². The average molecular weight is 403 g/mol. The maximum atomic E-state index is 12.7. The highest BCUT2D eigenvalue weighted by atomic mass is 16.4. The molecule has 0 bridgehead atoms. The van der Waals surface area contributed by atoms with Crippen LogP contribution >= 0.6 is 0 Å². The van der Waals surface area contributed by atoms with Crippen molar-refractivity contribution in [2.75, 3.05) is 0 Å². The number of hydrogen-bond acceptors (Lipinski definition) is 4. The molecule has 0 aliphatic heterocycles. The van der Waals surface area contributed by atoms with Crippen molar-refractivity contribution >= 4 is 27.8 Å². The first kappa shape index (κ1) is 20.0. The van der Waals surface area contributed by atoms with Crippen LogP contribution in [0.15, 0.2) is 50.0 Å². The van der Waals surface area contributed by atoms with E-state index >= 15 is 0 Å². The molecule has 2 aromatic carbocycles. The minimum Gasteiger partial charge on any atom is -0.460 e. The predicted molar refractivity (Wildman–Crippen MR) is 119 cm³/mol. The van der Waals surface area contributed by atoms with Gasteiger partial charge in [0.2, 0.25) is 5.91 Å². The molecule has 5 nitrogen and oxygen atoms in total. The van der Waals surface area contributed by atoms with Crippen molar-refractivity contribution in [2.45, 2.75) is 47.1 Å². The lowest BCUT2D eigenvalue weighted by Gasteiger charge is -2.12. The largest absolute Gasteiger partial charge is 0.460 e. The molecular formula is C25H25NO4. The number of carbonyl (C=O) groups is 1. The van der Waals surface area contributed by atoms with Gasteiger partial charge in [-0.3, -0.25) is 4.79 Å². The van der Waals surface area contributed by atoms with Gasteiger partial charge in [0, 0.05) is 27.9 Å². The van der Waals surface area contributed by atoms with Crippen molar-refractivity contribution in [3.63, 3.8) is 0 Å². The molecule has 4 aromatic rings. The summed E-state index contributed by atoms with van der Waals surface area (Å²) in [4.78, 5) is 25.0. The highest BCUT2D eigenvalue weighted by Gasteiger charge is 2.21. The Morgan fingerprint density at radius 2 is 1.63 bits per heavy atom. The first-order valence-electron chi connectivity index (χ1n) is 10.1. The Morgan fingerprint density at radius 3 is 2.30 bits per heavy atom. The zero-order valence-electron chi connectivity index (χ0n) is 17.9. The van der Waals surface area contributed by atoms with Crippen LogP contribution in [0.2, 0.25) is 0 Å². The molecule has 0 fully saturated rings. The lowest BCUT2D eigenvalue weighted by Crippen LogP contribution is -2.33. The second kappa shape index (κ2) is 7.48. The van der Waals surface area contributed by atoms with Crippen molar-refractivity contribution in [2.24, 2.45) is 0 Å². The fourth-order valence-corrected chi connectivity index (χ4v) is 4.08. The van der Waals surface area contributed by atoms with Crippen molar-refractivity contribution < 1.29 is 13.6 Å². The zero-order valence-corrected chi connectivity index (χ0v) is 17.9. The third-order valence-corrected chi connectivity index (χ3v) is 5.48. The van der Waals surface area contributed by atoms with Gasteiger partial charge in [0.05, 0.1) is 12.0 Å². The van der Waals surface area contributed by atoms with Gasteiger partial charge >= 0.3 is 5.63 Å². The van der Waals surface area contributed by atoms with Gasteiger partial charge in [0.1, 0.15) is 16.9 Å². The van der Waals surface area contributed by atoms with Crippen LogP contribution < -0.4 is 10.9 Å². The van der Waals surface area contributed by atoms with Crippen LogP contribution in [0.4, 0.5) is 0 Å². The van der Waals surface area contributed by atoms with Gasteiger partial charge in [-0.1, -0.05) is 30.3 Å². The summed E-state index contributed by atoms with van der Waals surface area (Å²) in [5.41, 5.74) is 4.78. The Kier molecular flexibility index (Phi) is 4.98. The Balaban J connectivity index is 1.97. The molecule has 0 saturated heterocycles. The molecule has 1 N–H and O–H groups in total. The Bertz CT molecular complexity index is 1330. The van der Waals surface area contributed by atoms with E-state index in [1.54, 1.807) is 0 Å². The summed E-state index contributed by atoms with van der Waals surface area (Å²) in [6.45, 7) is 9.49. The molecule has 30 heavy (non-hydrogen) atoms. The van der Waals surface area contributed by atoms with Crippen LogP contribution in [0.25, 0.3) is 33.1 Å². The summed E-state index contributed by atoms with van der Waals surface area (Å²) in [5, 5.41) is 4.63. The SMILES string of the molecule is Cc1oc2c(C)c3oc(=O)c(CC(=O)NC(C)C)c(C)c3cc2c1-c1ccccc1. The summed E-state index contributed by atoms with van der Waals surface area (Å²) in [5.74, 6) is 0.618. The number of benzene rings is 2. The molecular weight excluding hydrogens is 378 g/mol. The topological polar surface area (TPSA) is 72.5 Å². The van der Waals surface area contributed by atoms with Gasteiger partial charge in [-0.05, 0) is 51.8 Å². The number of hydrogen-bond donors (Lipinski definition) is 1. The lowest BCUT2D eigenvalue weighted by atomic mass is 9.96. The van der Waals surface area contributed by atoms with Crippen LogP contribution in [0.3, 0.4) is 0 Å². The zero-order chi connectivity index (χ0) is 21.6. The molecule has 2 aromatic heterocycles. The number of nitrogens with one attached hydrogen (secondary N) is 1. The molecule has 0 aliphatic rings. The average Bonchev–Trinajstić information content (AvgIpc) is 3.03. The Labute approximate surface area is 174 Å². The third kappa shape index (κ3) is 3.30. The minimum atomic E-state index is -0.479. The van der Waals surface area contributed by atoms with E-state index in [-0.39, 0.29) is 18.4 Å². The second-order valence-electron chi connectivity index (χ2n) is 8.05. The van der Waals surface area contributed by atoms with E-state index in [4.69, 9.17) is 8.83 Å². The smallest absolute Gasteiger partial charge is 0.340 e. The van der Waals surface area contributed by atoms with Gasteiger partial charge < -0.3 is 14.2 Å². The van der Waals surface area contributed by atoms with Crippen LogP contribution in [-0.4, -0.2) is 11.9 Å². The highest BCUT2D eigenvalue weighted by molar-refractivity contribution is 6.06. The van der Waals surface area contributed by atoms with Gasteiger partial charge in [-0.15, -0.1) is 0 Å². The third-order valence-electron chi connectivity index (χ3n) is 5.48. The van der Waals surface area contributed by atoms with E-state index < -0.39 is 5.63 Å². The minimum absolute atomic E-state index is 0.00463. The Morgan fingerprint density at radius 1 is 0.967 bits per heavy atom. The maximum Gasteiger partial charge on any atom is 0.340 e. The molecule has 154 valence electrons.